The molecule has 2 fully saturated rings. The van der Waals surface area contributed by atoms with Crippen LogP contribution in [0.4, 0.5) is 0 Å². The van der Waals surface area contributed by atoms with Crippen LogP contribution in [0.3, 0.4) is 0 Å². The van der Waals surface area contributed by atoms with Crippen LogP contribution in [0.2, 0.25) is 0 Å². The second kappa shape index (κ2) is 11.3. The van der Waals surface area contributed by atoms with Crippen LogP contribution in [-0.2, 0) is 0 Å². The highest BCUT2D eigenvalue weighted by molar-refractivity contribution is 5.85. The van der Waals surface area contributed by atoms with E-state index < -0.39 is 0 Å². The summed E-state index contributed by atoms with van der Waals surface area (Å²) in [6, 6.07) is 0.525. The molecular weight excluding hydrogens is 275 g/mol. The van der Waals surface area contributed by atoms with E-state index in [0.717, 1.165) is 51.4 Å². The van der Waals surface area contributed by atoms with Crippen molar-refractivity contribution in [2.75, 3.05) is 0 Å². The molecule has 2 aliphatic rings. The van der Waals surface area contributed by atoms with E-state index in [0.29, 0.717) is 0 Å². The van der Waals surface area contributed by atoms with E-state index in [1.807, 2.05) is 0 Å². The molecule has 0 aromatic rings. The summed E-state index contributed by atoms with van der Waals surface area (Å²) < 4.78 is 0. The van der Waals surface area contributed by atoms with Crippen molar-refractivity contribution in [3.8, 4) is 0 Å². The SMILES string of the molecule is Cl.Cl.N[C@@H]1CCC[C@@H](O)C1.N[C@H]1CCC[C@H](O)C1. The van der Waals surface area contributed by atoms with E-state index >= 15 is 0 Å². The second-order valence-electron chi connectivity index (χ2n) is 5.16. The lowest BCUT2D eigenvalue weighted by atomic mass is 9.94. The summed E-state index contributed by atoms with van der Waals surface area (Å²) in [6.45, 7) is 0. The molecule has 2 rings (SSSR count). The van der Waals surface area contributed by atoms with Gasteiger partial charge in [-0.1, -0.05) is 0 Å². The standard InChI is InChI=1S/2C6H13NO.2ClH/c2*7-5-2-1-3-6(8)4-5;;/h2*5-6,8H,1-4,7H2;2*1H/t2*5-,6-;;/m10../s1. The average molecular weight is 303 g/mol. The lowest BCUT2D eigenvalue weighted by molar-refractivity contribution is 0.120. The van der Waals surface area contributed by atoms with Crippen LogP contribution in [0.5, 0.6) is 0 Å². The van der Waals surface area contributed by atoms with Gasteiger partial charge in [-0.2, -0.15) is 0 Å². The number of hydrogen-bond acceptors (Lipinski definition) is 4. The van der Waals surface area contributed by atoms with Crippen LogP contribution >= 0.6 is 24.8 Å². The minimum Gasteiger partial charge on any atom is -0.393 e. The molecule has 0 heterocycles. The number of rotatable bonds is 0. The Morgan fingerprint density at radius 2 is 1.00 bits per heavy atom. The molecule has 4 nitrogen and oxygen atoms in total. The van der Waals surface area contributed by atoms with Gasteiger partial charge in [0.1, 0.15) is 0 Å². The summed E-state index contributed by atoms with van der Waals surface area (Å²) in [6.07, 6.45) is 7.68. The summed E-state index contributed by atoms with van der Waals surface area (Å²) in [5.74, 6) is 0. The largest absolute Gasteiger partial charge is 0.393 e. The van der Waals surface area contributed by atoms with Gasteiger partial charge in [0.05, 0.1) is 12.2 Å². The Morgan fingerprint density at radius 3 is 1.17 bits per heavy atom. The predicted octanol–water partition coefficient (Wildman–Crippen LogP) is 1.34. The summed E-state index contributed by atoms with van der Waals surface area (Å²) in [5.41, 5.74) is 11.1. The van der Waals surface area contributed by atoms with Crippen LogP contribution in [0, 0.1) is 0 Å². The maximum atomic E-state index is 9.00. The zero-order chi connectivity index (χ0) is 12.0. The summed E-state index contributed by atoms with van der Waals surface area (Å²) in [5, 5.41) is 18.0. The van der Waals surface area contributed by atoms with Gasteiger partial charge >= 0.3 is 0 Å². The van der Waals surface area contributed by atoms with Crippen molar-refractivity contribution in [2.24, 2.45) is 11.5 Å². The normalized spacial score (nSPS) is 35.3. The Balaban J connectivity index is 0. The molecule has 4 atom stereocenters. The first-order chi connectivity index (χ1) is 7.58. The third-order valence-electron chi connectivity index (χ3n) is 3.37. The Kier molecular flexibility index (Phi) is 13.0. The fourth-order valence-corrected chi connectivity index (χ4v) is 2.40. The highest BCUT2D eigenvalue weighted by atomic mass is 35.5. The van der Waals surface area contributed by atoms with Crippen molar-refractivity contribution in [3.05, 3.63) is 0 Å². The quantitative estimate of drug-likeness (QED) is 0.543. The van der Waals surface area contributed by atoms with Crippen LogP contribution in [-0.4, -0.2) is 34.5 Å². The molecule has 0 unspecified atom stereocenters. The van der Waals surface area contributed by atoms with Crippen molar-refractivity contribution < 1.29 is 10.2 Å². The van der Waals surface area contributed by atoms with E-state index in [9.17, 15) is 0 Å². The zero-order valence-electron chi connectivity index (χ0n) is 10.8. The Bertz CT molecular complexity index is 163. The molecular formula is C12H28Cl2N2O2. The van der Waals surface area contributed by atoms with Crippen LogP contribution in [0.25, 0.3) is 0 Å². The molecule has 0 aliphatic heterocycles. The predicted molar refractivity (Wildman–Crippen MR) is 79.4 cm³/mol. The molecule has 2 aliphatic carbocycles. The molecule has 2 saturated carbocycles. The topological polar surface area (TPSA) is 92.5 Å². The number of aliphatic hydroxyl groups excluding tert-OH is 2. The van der Waals surface area contributed by atoms with Crippen molar-refractivity contribution in [3.63, 3.8) is 0 Å². The molecule has 0 aromatic heterocycles. The van der Waals surface area contributed by atoms with E-state index in [1.165, 1.54) is 0 Å². The van der Waals surface area contributed by atoms with Crippen molar-refractivity contribution in [1.82, 2.24) is 0 Å². The van der Waals surface area contributed by atoms with Gasteiger partial charge in [-0.3, -0.25) is 0 Å². The Morgan fingerprint density at radius 1 is 0.667 bits per heavy atom. The van der Waals surface area contributed by atoms with Gasteiger partial charge in [-0.15, -0.1) is 24.8 Å². The highest BCUT2D eigenvalue weighted by Gasteiger charge is 2.16. The molecule has 0 saturated heterocycles. The van der Waals surface area contributed by atoms with Gasteiger partial charge in [0.15, 0.2) is 0 Å². The molecule has 0 bridgehead atoms. The van der Waals surface area contributed by atoms with E-state index in [-0.39, 0.29) is 49.1 Å². The number of nitrogens with two attached hydrogens (primary N) is 2. The first-order valence-electron chi connectivity index (χ1n) is 6.45. The summed E-state index contributed by atoms with van der Waals surface area (Å²) in [4.78, 5) is 0. The van der Waals surface area contributed by atoms with Crippen molar-refractivity contribution in [2.45, 2.75) is 75.7 Å². The van der Waals surface area contributed by atoms with Gasteiger partial charge < -0.3 is 21.7 Å². The maximum absolute atomic E-state index is 9.00. The van der Waals surface area contributed by atoms with Gasteiger partial charge in [-0.05, 0) is 51.4 Å². The number of aliphatic hydroxyl groups is 2. The molecule has 0 amide bonds. The van der Waals surface area contributed by atoms with Gasteiger partial charge in [0, 0.05) is 12.1 Å². The fourth-order valence-electron chi connectivity index (χ4n) is 2.40. The highest BCUT2D eigenvalue weighted by Crippen LogP contribution is 2.16. The van der Waals surface area contributed by atoms with Crippen LogP contribution < -0.4 is 11.5 Å². The molecule has 112 valence electrons. The smallest absolute Gasteiger partial charge is 0.0555 e. The molecule has 0 aromatic carbocycles. The third kappa shape index (κ3) is 9.36. The molecule has 18 heavy (non-hydrogen) atoms. The minimum atomic E-state index is -0.112. The number of halogens is 2. The fraction of sp³-hybridized carbons (Fsp3) is 1.00. The summed E-state index contributed by atoms with van der Waals surface area (Å²) >= 11 is 0. The lowest BCUT2D eigenvalue weighted by Gasteiger charge is -2.21. The van der Waals surface area contributed by atoms with Gasteiger partial charge in [0.25, 0.3) is 0 Å². The monoisotopic (exact) mass is 302 g/mol. The first kappa shape index (κ1) is 20.7. The second-order valence-corrected chi connectivity index (χ2v) is 5.16. The van der Waals surface area contributed by atoms with Crippen molar-refractivity contribution in [1.29, 1.82) is 0 Å². The maximum Gasteiger partial charge on any atom is 0.0555 e. The van der Waals surface area contributed by atoms with Crippen molar-refractivity contribution >= 4 is 24.8 Å². The molecule has 0 spiro atoms. The molecule has 6 heteroatoms. The van der Waals surface area contributed by atoms with Crippen LogP contribution in [0.15, 0.2) is 0 Å². The first-order valence-corrected chi connectivity index (χ1v) is 6.45. The van der Waals surface area contributed by atoms with E-state index in [1.54, 1.807) is 0 Å². The lowest BCUT2D eigenvalue weighted by Crippen LogP contribution is -2.30. The van der Waals surface area contributed by atoms with Gasteiger partial charge in [-0.25, -0.2) is 0 Å². The van der Waals surface area contributed by atoms with E-state index in [2.05, 4.69) is 0 Å². The molecule has 0 radical (unpaired) electrons. The minimum absolute atomic E-state index is 0. The Labute approximate surface area is 122 Å². The van der Waals surface area contributed by atoms with E-state index in [4.69, 9.17) is 21.7 Å². The zero-order valence-corrected chi connectivity index (χ0v) is 12.5. The summed E-state index contributed by atoms with van der Waals surface area (Å²) in [7, 11) is 0. The number of hydrogen-bond donors (Lipinski definition) is 4. The Hall–Kier alpha value is 0.420. The molecule has 6 N–H and O–H groups in total. The van der Waals surface area contributed by atoms with Crippen LogP contribution in [0.1, 0.15) is 51.4 Å². The third-order valence-corrected chi connectivity index (χ3v) is 3.37. The average Bonchev–Trinajstić information content (AvgIpc) is 2.17. The van der Waals surface area contributed by atoms with Gasteiger partial charge in [0.2, 0.25) is 0 Å².